The predicted molar refractivity (Wildman–Crippen MR) is 159 cm³/mol. The van der Waals surface area contributed by atoms with Crippen molar-refractivity contribution in [1.29, 1.82) is 0 Å². The number of aromatic nitrogens is 1. The first-order valence-corrected chi connectivity index (χ1v) is 14.6. The number of halogens is 4. The molecular formula is C27H33BF2I2N2O. The topological polar surface area (TPSA) is 17.2 Å². The van der Waals surface area contributed by atoms with Gasteiger partial charge in [0.2, 0.25) is 0 Å². The van der Waals surface area contributed by atoms with Gasteiger partial charge in [-0.1, -0.05) is 45.2 Å². The Balaban J connectivity index is 1.81. The molecule has 35 heavy (non-hydrogen) atoms. The Labute approximate surface area is 235 Å². The van der Waals surface area contributed by atoms with E-state index in [1.54, 1.807) is 13.8 Å². The fourth-order valence-corrected chi connectivity index (χ4v) is 6.41. The Morgan fingerprint density at radius 2 is 1.71 bits per heavy atom. The maximum Gasteiger partial charge on any atom is 0.737 e. The van der Waals surface area contributed by atoms with Crippen molar-refractivity contribution in [3.05, 3.63) is 65.2 Å². The molecule has 2 aliphatic heterocycles. The van der Waals surface area contributed by atoms with E-state index in [4.69, 9.17) is 4.74 Å². The van der Waals surface area contributed by atoms with Gasteiger partial charge >= 0.3 is 6.97 Å². The third-order valence-electron chi connectivity index (χ3n) is 7.48. The lowest BCUT2D eigenvalue weighted by Gasteiger charge is -2.34. The normalized spacial score (nSPS) is 17.8. The number of nitrogens with zero attached hydrogens (tertiary/aromatic N) is 2. The molecule has 1 aromatic heterocycles. The molecule has 3 heterocycles. The number of unbranched alkanes of at least 4 members (excludes halogenated alkanes) is 1. The van der Waals surface area contributed by atoms with E-state index in [0.717, 1.165) is 41.6 Å². The second kappa shape index (κ2) is 10.3. The Kier molecular flexibility index (Phi) is 7.91. The minimum atomic E-state index is -3.99. The largest absolute Gasteiger partial charge is 0.737 e. The maximum absolute atomic E-state index is 16.1. The highest BCUT2D eigenvalue weighted by atomic mass is 127. The minimum Gasteiger partial charge on any atom is -0.493 e. The van der Waals surface area contributed by atoms with Crippen LogP contribution in [0, 0.1) is 23.3 Å². The summed E-state index contributed by atoms with van der Waals surface area (Å²) in [6.07, 6.45) is 4.71. The van der Waals surface area contributed by atoms with Crippen LogP contribution in [-0.4, -0.2) is 28.3 Å². The first-order chi connectivity index (χ1) is 16.6. The molecule has 0 saturated carbocycles. The van der Waals surface area contributed by atoms with Gasteiger partial charge in [-0.3, -0.25) is 0 Å². The lowest BCUT2D eigenvalue weighted by Crippen LogP contribution is -2.51. The van der Waals surface area contributed by atoms with Crippen LogP contribution < -0.4 is 4.74 Å². The number of benzene rings is 1. The minimum absolute atomic E-state index is 0.554. The number of hydrogen-bond acceptors (Lipinski definition) is 1. The van der Waals surface area contributed by atoms with Crippen molar-refractivity contribution in [2.24, 2.45) is 5.92 Å². The molecule has 0 unspecified atom stereocenters. The third kappa shape index (κ3) is 4.44. The van der Waals surface area contributed by atoms with Gasteiger partial charge in [0.05, 0.1) is 15.8 Å². The highest BCUT2D eigenvalue weighted by Crippen LogP contribution is 2.47. The molecule has 0 bridgehead atoms. The molecule has 0 fully saturated rings. The second-order valence-corrected chi connectivity index (χ2v) is 11.9. The molecule has 0 radical (unpaired) electrons. The average molecular weight is 704 g/mol. The van der Waals surface area contributed by atoms with Crippen molar-refractivity contribution in [3.63, 3.8) is 0 Å². The van der Waals surface area contributed by atoms with Crippen LogP contribution in [0.3, 0.4) is 0 Å². The summed E-state index contributed by atoms with van der Waals surface area (Å²) in [6.45, 7) is 8.65. The summed E-state index contributed by atoms with van der Waals surface area (Å²) < 4.78 is 42.7. The standard InChI is InChI=1S/C27H33BF2I2N2O/c1-7-9-10-20(8-2)15-35-22-13-11-21(12-14-22)23-26-16(3)24(31)18(5)33(26)28(29,30)34-19(6)25(32)17(4)27(23)34/h11-14,20H,7-10,15H2,1-6H3/t20-/m0/s1. The lowest BCUT2D eigenvalue weighted by molar-refractivity contribution is -0.363. The van der Waals surface area contributed by atoms with Crippen LogP contribution in [0.1, 0.15) is 75.9 Å². The van der Waals surface area contributed by atoms with Crippen LogP contribution in [0.4, 0.5) is 8.63 Å². The summed E-state index contributed by atoms with van der Waals surface area (Å²) in [5.41, 5.74) is 6.09. The summed E-state index contributed by atoms with van der Waals surface area (Å²) in [4.78, 5) is 0. The van der Waals surface area contributed by atoms with Gasteiger partial charge in [-0.05, 0) is 107 Å². The first-order valence-electron chi connectivity index (χ1n) is 12.4. The van der Waals surface area contributed by atoms with Gasteiger partial charge in [-0.25, -0.2) is 0 Å². The molecule has 2 aromatic rings. The van der Waals surface area contributed by atoms with E-state index in [1.807, 2.05) is 38.1 Å². The molecule has 0 spiro atoms. The molecule has 3 nitrogen and oxygen atoms in total. The van der Waals surface area contributed by atoms with Crippen LogP contribution in [0.2, 0.25) is 0 Å². The van der Waals surface area contributed by atoms with Gasteiger partial charge < -0.3 is 22.3 Å². The van der Waals surface area contributed by atoms with Crippen molar-refractivity contribution in [3.8, 4) is 5.75 Å². The van der Waals surface area contributed by atoms with Crippen LogP contribution in [0.25, 0.3) is 5.57 Å². The first kappa shape index (κ1) is 26.9. The van der Waals surface area contributed by atoms with Crippen LogP contribution >= 0.6 is 45.2 Å². The zero-order valence-electron chi connectivity index (χ0n) is 21.3. The fourth-order valence-electron chi connectivity index (χ4n) is 5.38. The van der Waals surface area contributed by atoms with Gasteiger partial charge in [0, 0.05) is 21.8 Å². The average Bonchev–Trinajstić information content (AvgIpc) is 3.21. The molecule has 188 valence electrons. The SMILES string of the molecule is CCCC[C@H](CC)COc1ccc(C2=C3C(C)=C(I)C(C)=[N+]3[B-](F)(F)n3c(C)c(I)c(C)c32)cc1. The van der Waals surface area contributed by atoms with E-state index in [1.165, 1.54) is 28.2 Å². The predicted octanol–water partition coefficient (Wildman–Crippen LogP) is 8.50. The second-order valence-electron chi connectivity index (χ2n) is 9.70. The van der Waals surface area contributed by atoms with Crippen molar-refractivity contribution >= 4 is 63.4 Å². The van der Waals surface area contributed by atoms with Gasteiger partial charge in [0.15, 0.2) is 5.70 Å². The number of fused-ring (bicyclic) bond motifs is 2. The number of allylic oxidation sites excluding steroid dienone is 2. The third-order valence-corrected chi connectivity index (χ3v) is 10.7. The number of ether oxygens (including phenoxy) is 1. The van der Waals surface area contributed by atoms with Crippen molar-refractivity contribution < 1.29 is 17.9 Å². The summed E-state index contributed by atoms with van der Waals surface area (Å²) >= 11 is 4.41. The summed E-state index contributed by atoms with van der Waals surface area (Å²) in [5.74, 6) is 1.38. The molecule has 4 rings (SSSR count). The molecular weight excluding hydrogens is 671 g/mol. The summed E-state index contributed by atoms with van der Waals surface area (Å²) in [7, 11) is 0. The summed E-state index contributed by atoms with van der Waals surface area (Å²) in [6, 6.07) is 8.00. The number of hydrogen-bond donors (Lipinski definition) is 0. The van der Waals surface area contributed by atoms with Gasteiger partial charge in [0.1, 0.15) is 11.5 Å². The zero-order chi connectivity index (χ0) is 25.7. The zero-order valence-corrected chi connectivity index (χ0v) is 25.6. The maximum atomic E-state index is 16.1. The molecule has 1 aromatic carbocycles. The summed E-state index contributed by atoms with van der Waals surface area (Å²) in [5, 5.41) is 0. The van der Waals surface area contributed by atoms with E-state index in [-0.39, 0.29) is 0 Å². The quantitative estimate of drug-likeness (QED) is 0.199. The highest BCUT2D eigenvalue weighted by molar-refractivity contribution is 14.1. The van der Waals surface area contributed by atoms with Crippen molar-refractivity contribution in [2.75, 3.05) is 6.61 Å². The Bertz CT molecular complexity index is 1260. The Hall–Kier alpha value is -1.17. The van der Waals surface area contributed by atoms with Gasteiger partial charge in [-0.2, -0.15) is 0 Å². The van der Waals surface area contributed by atoms with Gasteiger partial charge in [-0.15, -0.1) is 0 Å². The molecule has 2 aliphatic rings. The van der Waals surface area contributed by atoms with Crippen LogP contribution in [-0.2, 0) is 0 Å². The molecule has 0 aliphatic carbocycles. The van der Waals surface area contributed by atoms with Crippen molar-refractivity contribution in [2.45, 2.75) is 67.2 Å². The lowest BCUT2D eigenvalue weighted by atomic mass is 9.84. The van der Waals surface area contributed by atoms with E-state index < -0.39 is 6.97 Å². The molecule has 1 atom stereocenters. The molecule has 0 saturated heterocycles. The van der Waals surface area contributed by atoms with E-state index in [2.05, 4.69) is 59.0 Å². The Morgan fingerprint density at radius 3 is 2.31 bits per heavy atom. The van der Waals surface area contributed by atoms with E-state index in [9.17, 15) is 0 Å². The Morgan fingerprint density at radius 1 is 1.06 bits per heavy atom. The van der Waals surface area contributed by atoms with Gasteiger partial charge in [0.25, 0.3) is 0 Å². The van der Waals surface area contributed by atoms with Crippen molar-refractivity contribution in [1.82, 2.24) is 4.48 Å². The number of rotatable bonds is 8. The van der Waals surface area contributed by atoms with Crippen LogP contribution in [0.15, 0.2) is 39.1 Å². The fraction of sp³-hybridized carbons (Fsp3) is 0.444. The molecule has 8 heteroatoms. The monoisotopic (exact) mass is 704 g/mol. The highest BCUT2D eigenvalue weighted by Gasteiger charge is 2.56. The molecule has 0 amide bonds. The van der Waals surface area contributed by atoms with E-state index >= 15 is 8.63 Å². The molecule has 0 N–H and O–H groups in total. The van der Waals surface area contributed by atoms with Crippen LogP contribution in [0.5, 0.6) is 5.75 Å². The van der Waals surface area contributed by atoms with E-state index in [0.29, 0.717) is 35.3 Å². The smallest absolute Gasteiger partial charge is 0.493 e.